The van der Waals surface area contributed by atoms with E-state index in [1.807, 2.05) is 18.2 Å². The molecule has 1 aromatic rings. The van der Waals surface area contributed by atoms with Gasteiger partial charge < -0.3 is 4.39 Å². The summed E-state index contributed by atoms with van der Waals surface area (Å²) in [6.45, 7) is 2.17. The molecule has 14 heavy (non-hydrogen) atoms. The van der Waals surface area contributed by atoms with E-state index in [4.69, 9.17) is 22.9 Å². The van der Waals surface area contributed by atoms with Crippen LogP contribution in [0.5, 0.6) is 0 Å². The summed E-state index contributed by atoms with van der Waals surface area (Å²) in [7, 11) is 4.18. The first-order chi connectivity index (χ1) is 6.39. The normalized spacial score (nSPS) is 27.4. The van der Waals surface area contributed by atoms with Gasteiger partial charge in [-0.25, -0.2) is 0 Å². The van der Waals surface area contributed by atoms with Crippen molar-refractivity contribution in [3.8, 4) is 0 Å². The molecule has 0 aromatic heterocycles. The Labute approximate surface area is 95.0 Å². The fourth-order valence-electron chi connectivity index (χ4n) is 2.21. The molecule has 0 radical (unpaired) electrons. The third-order valence-corrected chi connectivity index (χ3v) is 5.13. The molecule has 0 saturated heterocycles. The molecule has 1 heterocycles. The van der Waals surface area contributed by atoms with Crippen LogP contribution in [0.3, 0.4) is 0 Å². The molecule has 2 rings (SSSR count). The molecule has 0 unspecified atom stereocenters. The van der Waals surface area contributed by atoms with Crippen LogP contribution in [0, 0.1) is 0 Å². The van der Waals surface area contributed by atoms with Crippen LogP contribution >= 0.6 is 22.9 Å². The second-order valence-corrected chi connectivity index (χ2v) is 6.05. The van der Waals surface area contributed by atoms with Crippen LogP contribution in [0.15, 0.2) is 24.3 Å². The molecule has 0 N–H and O–H groups in total. The molecule has 0 aliphatic carbocycles. The minimum Gasteiger partial charge on any atom is -0.484 e. The first-order valence-electron chi connectivity index (χ1n) is 4.83. The lowest BCUT2D eigenvalue weighted by Gasteiger charge is -2.47. The maximum absolute atomic E-state index is 6.48. The van der Waals surface area contributed by atoms with Crippen LogP contribution in [0.25, 0.3) is 0 Å². The van der Waals surface area contributed by atoms with E-state index in [1.165, 1.54) is 5.56 Å². The number of benzene rings is 1. The van der Waals surface area contributed by atoms with E-state index < -0.39 is 5.11 Å². The van der Waals surface area contributed by atoms with Crippen molar-refractivity contribution in [2.24, 2.45) is 0 Å². The van der Waals surface area contributed by atoms with Crippen molar-refractivity contribution >= 4 is 33.5 Å². The average molecular weight is 230 g/mol. The lowest BCUT2D eigenvalue weighted by molar-refractivity contribution is -0.812. The zero-order valence-electron chi connectivity index (χ0n) is 8.67. The van der Waals surface area contributed by atoms with Gasteiger partial charge >= 0.3 is 5.11 Å². The monoisotopic (exact) mass is 229 g/mol. The molecule has 0 bridgehead atoms. The number of hydrogen-bond donors (Lipinski definition) is 0. The number of fused-ring (bicyclic) bond motifs is 1. The molecule has 0 amide bonds. The molecular formula is C10H14BCl2N. The SMILES string of the molecule is C[C@@H]1c2ccccc2[B-](Cl)(Cl)[N+]1(C)C. The molecule has 0 saturated carbocycles. The number of hydrogen-bond acceptors (Lipinski definition) is 0. The van der Waals surface area contributed by atoms with Gasteiger partial charge in [-0.3, -0.25) is 22.9 Å². The maximum Gasteiger partial charge on any atom is 0.404 e. The van der Waals surface area contributed by atoms with Crippen LogP contribution in [0.4, 0.5) is 0 Å². The summed E-state index contributed by atoms with van der Waals surface area (Å²) in [6, 6.07) is 8.56. The van der Waals surface area contributed by atoms with Crippen molar-refractivity contribution < 1.29 is 4.39 Å². The van der Waals surface area contributed by atoms with Crippen molar-refractivity contribution in [2.75, 3.05) is 14.1 Å². The molecule has 1 aromatic carbocycles. The summed E-state index contributed by atoms with van der Waals surface area (Å²) in [5, 5.41) is -1.52. The number of nitrogens with zero attached hydrogens (tertiary/aromatic N) is 1. The van der Waals surface area contributed by atoms with Crippen molar-refractivity contribution in [2.45, 2.75) is 13.0 Å². The predicted molar refractivity (Wildman–Crippen MR) is 64.1 cm³/mol. The van der Waals surface area contributed by atoms with Gasteiger partial charge in [-0.1, -0.05) is 24.3 Å². The Morgan fingerprint density at radius 2 is 1.79 bits per heavy atom. The summed E-state index contributed by atoms with van der Waals surface area (Å²) < 4.78 is 0.641. The second kappa shape index (κ2) is 2.91. The van der Waals surface area contributed by atoms with E-state index >= 15 is 0 Å². The maximum atomic E-state index is 6.48. The van der Waals surface area contributed by atoms with Crippen LogP contribution in [0.1, 0.15) is 18.5 Å². The van der Waals surface area contributed by atoms with Crippen LogP contribution in [-0.4, -0.2) is 23.6 Å². The van der Waals surface area contributed by atoms with Gasteiger partial charge in [0.25, 0.3) is 0 Å². The Kier molecular flexibility index (Phi) is 2.15. The Balaban J connectivity index is 2.68. The summed E-state index contributed by atoms with van der Waals surface area (Å²) in [5.41, 5.74) is 2.39. The lowest BCUT2D eigenvalue weighted by atomic mass is 9.77. The molecule has 0 spiro atoms. The summed E-state index contributed by atoms with van der Waals surface area (Å²) in [4.78, 5) is 0. The summed E-state index contributed by atoms with van der Waals surface area (Å²) in [6.07, 6.45) is 0. The largest absolute Gasteiger partial charge is 0.484 e. The second-order valence-electron chi connectivity index (χ2n) is 4.56. The first kappa shape index (κ1) is 10.3. The van der Waals surface area contributed by atoms with Gasteiger partial charge in [0.15, 0.2) is 0 Å². The molecule has 1 atom stereocenters. The van der Waals surface area contributed by atoms with E-state index in [2.05, 4.69) is 27.1 Å². The highest BCUT2D eigenvalue weighted by Gasteiger charge is 2.50. The van der Waals surface area contributed by atoms with Crippen molar-refractivity contribution in [3.63, 3.8) is 0 Å². The van der Waals surface area contributed by atoms with Gasteiger partial charge in [0, 0.05) is 14.1 Å². The van der Waals surface area contributed by atoms with Crippen molar-refractivity contribution in [1.82, 2.24) is 0 Å². The standard InChI is InChI=1S/C10H14BCl2N/c1-8-9-6-4-5-7-10(9)11(12,13)14(8,2)3/h4-8H,1-3H3/t8-/m1/s1. The van der Waals surface area contributed by atoms with E-state index in [0.29, 0.717) is 10.4 Å². The van der Waals surface area contributed by atoms with Crippen molar-refractivity contribution in [3.05, 3.63) is 29.8 Å². The number of quaternary nitrogens is 1. The van der Waals surface area contributed by atoms with Gasteiger partial charge in [0.2, 0.25) is 0 Å². The predicted octanol–water partition coefficient (Wildman–Crippen LogP) is 2.46. The van der Waals surface area contributed by atoms with Gasteiger partial charge in [0.1, 0.15) is 0 Å². The van der Waals surface area contributed by atoms with Gasteiger partial charge in [0.05, 0.1) is 6.04 Å². The fraction of sp³-hybridized carbons (Fsp3) is 0.400. The van der Waals surface area contributed by atoms with Crippen LogP contribution < -0.4 is 5.46 Å². The number of rotatable bonds is 0. The smallest absolute Gasteiger partial charge is 0.404 e. The Morgan fingerprint density at radius 1 is 1.21 bits per heavy atom. The van der Waals surface area contributed by atoms with E-state index in [0.717, 1.165) is 5.46 Å². The van der Waals surface area contributed by atoms with Crippen LogP contribution in [0.2, 0.25) is 0 Å². The molecule has 0 fully saturated rings. The quantitative estimate of drug-likeness (QED) is 0.600. The highest BCUT2D eigenvalue weighted by atomic mass is 35.5. The first-order valence-corrected chi connectivity index (χ1v) is 5.70. The van der Waals surface area contributed by atoms with Gasteiger partial charge in [-0.15, -0.1) is 5.46 Å². The minimum absolute atomic E-state index is 0.362. The van der Waals surface area contributed by atoms with E-state index in [-0.39, 0.29) is 0 Å². The van der Waals surface area contributed by atoms with E-state index in [9.17, 15) is 0 Å². The molecule has 1 aliphatic heterocycles. The Hall–Kier alpha value is -0.175. The zero-order valence-corrected chi connectivity index (χ0v) is 10.2. The number of halogens is 2. The van der Waals surface area contributed by atoms with Crippen molar-refractivity contribution in [1.29, 1.82) is 0 Å². The Bertz CT molecular complexity index is 376. The van der Waals surface area contributed by atoms with Gasteiger partial charge in [-0.2, -0.15) is 0 Å². The molecule has 4 heteroatoms. The Morgan fingerprint density at radius 3 is 2.36 bits per heavy atom. The van der Waals surface area contributed by atoms with E-state index in [1.54, 1.807) is 0 Å². The topological polar surface area (TPSA) is 0 Å². The third-order valence-electron chi connectivity index (χ3n) is 3.65. The molecule has 1 nitrogen and oxygen atoms in total. The summed E-state index contributed by atoms with van der Waals surface area (Å²) in [5.74, 6) is 0. The summed E-state index contributed by atoms with van der Waals surface area (Å²) >= 11 is 13.0. The fourth-order valence-corrected chi connectivity index (χ4v) is 2.94. The highest BCUT2D eigenvalue weighted by molar-refractivity contribution is 7.47. The third kappa shape index (κ3) is 1.08. The zero-order chi connectivity index (χ0) is 10.6. The minimum atomic E-state index is -1.52. The average Bonchev–Trinajstić information content (AvgIpc) is 2.27. The van der Waals surface area contributed by atoms with Crippen LogP contribution in [-0.2, 0) is 0 Å². The van der Waals surface area contributed by atoms with Gasteiger partial charge in [-0.05, 0) is 12.5 Å². The highest BCUT2D eigenvalue weighted by Crippen LogP contribution is 2.41. The molecular weight excluding hydrogens is 216 g/mol. The molecule has 76 valence electrons. The lowest BCUT2D eigenvalue weighted by Crippen LogP contribution is -2.58. The molecule has 1 aliphatic rings.